The van der Waals surface area contributed by atoms with Crippen LogP contribution in [0.2, 0.25) is 0 Å². The molecule has 0 aliphatic heterocycles. The number of nitrogens with zero attached hydrogens (tertiary/aromatic N) is 2. The Morgan fingerprint density at radius 1 is 1.47 bits per heavy atom. The number of aromatic nitrogens is 3. The molecule has 2 N–H and O–H groups in total. The van der Waals surface area contributed by atoms with Gasteiger partial charge in [-0.1, -0.05) is 24.3 Å². The third kappa shape index (κ3) is 2.50. The Hall–Kier alpha value is -2.17. The number of rotatable bonds is 4. The Kier molecular flexibility index (Phi) is 3.03. The van der Waals surface area contributed by atoms with E-state index in [9.17, 15) is 4.79 Å². The first-order valence-corrected chi connectivity index (χ1v) is 6.43. The average Bonchev–Trinajstić information content (AvgIpc) is 3.04. The van der Waals surface area contributed by atoms with Crippen molar-refractivity contribution in [2.24, 2.45) is 5.92 Å². The molecular formula is C14H16N4O. The number of carbonyl (C=O) groups is 1. The largest absolute Gasteiger partial charge is 0.349 e. The highest BCUT2D eigenvalue weighted by Crippen LogP contribution is 2.48. The lowest BCUT2D eigenvalue weighted by molar-refractivity contribution is -0.122. The summed E-state index contributed by atoms with van der Waals surface area (Å²) in [7, 11) is 0. The van der Waals surface area contributed by atoms with Crippen LogP contribution in [0.5, 0.6) is 0 Å². The highest BCUT2D eigenvalue weighted by Gasteiger charge is 2.44. The highest BCUT2D eigenvalue weighted by atomic mass is 16.2. The minimum Gasteiger partial charge on any atom is -0.349 e. The van der Waals surface area contributed by atoms with E-state index in [2.05, 4.69) is 39.6 Å². The van der Waals surface area contributed by atoms with Gasteiger partial charge in [-0.15, -0.1) is 0 Å². The van der Waals surface area contributed by atoms with Crippen molar-refractivity contribution in [3.05, 3.63) is 47.5 Å². The van der Waals surface area contributed by atoms with Crippen molar-refractivity contribution in [2.75, 3.05) is 0 Å². The topological polar surface area (TPSA) is 70.7 Å². The molecule has 2 aromatic rings. The fraction of sp³-hybridized carbons (Fsp3) is 0.357. The fourth-order valence-corrected chi connectivity index (χ4v) is 2.45. The predicted octanol–water partition coefficient (Wildman–Crippen LogP) is 1.53. The summed E-state index contributed by atoms with van der Waals surface area (Å²) in [6.45, 7) is 2.51. The zero-order valence-electron chi connectivity index (χ0n) is 10.8. The standard InChI is InChI=1S/C14H16N4O/c1-9-4-2-3-5-10(9)11-6-12(11)14(19)15-7-13-16-8-17-18-13/h2-5,8,11-12H,6-7H2,1H3,(H,15,19)(H,16,17,18)/t11-,12+/m1/s1. The number of aryl methyl sites for hydroxylation is 1. The second-order valence-corrected chi connectivity index (χ2v) is 4.96. The predicted molar refractivity (Wildman–Crippen MR) is 70.3 cm³/mol. The number of H-pyrrole nitrogens is 1. The lowest BCUT2D eigenvalue weighted by Gasteiger charge is -2.05. The van der Waals surface area contributed by atoms with Gasteiger partial charge in [-0.2, -0.15) is 5.10 Å². The molecule has 0 radical (unpaired) electrons. The molecule has 98 valence electrons. The molecule has 0 spiro atoms. The molecule has 0 saturated heterocycles. The molecule has 19 heavy (non-hydrogen) atoms. The van der Waals surface area contributed by atoms with Gasteiger partial charge in [0.15, 0.2) is 0 Å². The summed E-state index contributed by atoms with van der Waals surface area (Å²) in [4.78, 5) is 16.0. The lowest BCUT2D eigenvalue weighted by Crippen LogP contribution is -2.25. The van der Waals surface area contributed by atoms with Crippen molar-refractivity contribution in [2.45, 2.75) is 25.8 Å². The number of nitrogens with one attached hydrogen (secondary N) is 2. The van der Waals surface area contributed by atoms with Gasteiger partial charge < -0.3 is 5.32 Å². The lowest BCUT2D eigenvalue weighted by atomic mass is 10.0. The zero-order valence-corrected chi connectivity index (χ0v) is 10.8. The van der Waals surface area contributed by atoms with Crippen LogP contribution >= 0.6 is 0 Å². The van der Waals surface area contributed by atoms with Gasteiger partial charge in [-0.25, -0.2) is 4.98 Å². The molecule has 1 aliphatic carbocycles. The van der Waals surface area contributed by atoms with Crippen molar-refractivity contribution in [3.63, 3.8) is 0 Å². The maximum absolute atomic E-state index is 12.0. The quantitative estimate of drug-likeness (QED) is 0.871. The van der Waals surface area contributed by atoms with E-state index < -0.39 is 0 Å². The van der Waals surface area contributed by atoms with Crippen LogP contribution in [0.4, 0.5) is 0 Å². The molecule has 1 saturated carbocycles. The second-order valence-electron chi connectivity index (χ2n) is 4.96. The summed E-state index contributed by atoms with van der Waals surface area (Å²) in [6.07, 6.45) is 2.38. The summed E-state index contributed by atoms with van der Waals surface area (Å²) in [6, 6.07) is 8.27. The van der Waals surface area contributed by atoms with Gasteiger partial charge in [0, 0.05) is 5.92 Å². The van der Waals surface area contributed by atoms with Crippen molar-refractivity contribution in [1.29, 1.82) is 0 Å². The average molecular weight is 256 g/mol. The Morgan fingerprint density at radius 2 is 2.32 bits per heavy atom. The Bertz CT molecular complexity index is 579. The molecule has 2 atom stereocenters. The van der Waals surface area contributed by atoms with E-state index in [0.717, 1.165) is 6.42 Å². The van der Waals surface area contributed by atoms with Crippen LogP contribution < -0.4 is 5.32 Å². The van der Waals surface area contributed by atoms with Crippen molar-refractivity contribution in [3.8, 4) is 0 Å². The summed E-state index contributed by atoms with van der Waals surface area (Å²) in [5.74, 6) is 1.26. The number of amides is 1. The molecule has 1 aliphatic rings. The van der Waals surface area contributed by atoms with Crippen LogP contribution in [-0.4, -0.2) is 21.1 Å². The van der Waals surface area contributed by atoms with Crippen molar-refractivity contribution < 1.29 is 4.79 Å². The Morgan fingerprint density at radius 3 is 3.05 bits per heavy atom. The number of hydrogen-bond acceptors (Lipinski definition) is 3. The molecule has 1 fully saturated rings. The fourth-order valence-electron chi connectivity index (χ4n) is 2.45. The summed E-state index contributed by atoms with van der Waals surface area (Å²) < 4.78 is 0. The zero-order chi connectivity index (χ0) is 13.2. The normalized spacial score (nSPS) is 21.1. The maximum Gasteiger partial charge on any atom is 0.224 e. The molecule has 3 rings (SSSR count). The SMILES string of the molecule is Cc1ccccc1[C@H]1C[C@@H]1C(=O)NCc1ncn[nH]1. The van der Waals surface area contributed by atoms with E-state index in [1.165, 1.54) is 17.5 Å². The van der Waals surface area contributed by atoms with Gasteiger partial charge in [-0.05, 0) is 30.4 Å². The molecule has 0 unspecified atom stereocenters. The first kappa shape index (κ1) is 11.9. The Balaban J connectivity index is 1.57. The van der Waals surface area contributed by atoms with E-state index in [4.69, 9.17) is 0 Å². The van der Waals surface area contributed by atoms with Gasteiger partial charge in [-0.3, -0.25) is 9.89 Å². The summed E-state index contributed by atoms with van der Waals surface area (Å²) in [5, 5.41) is 9.37. The summed E-state index contributed by atoms with van der Waals surface area (Å²) >= 11 is 0. The van der Waals surface area contributed by atoms with Crippen LogP contribution in [0.1, 0.15) is 29.3 Å². The number of benzene rings is 1. The number of carbonyl (C=O) groups excluding carboxylic acids is 1. The highest BCUT2D eigenvalue weighted by molar-refractivity contribution is 5.82. The van der Waals surface area contributed by atoms with Crippen molar-refractivity contribution in [1.82, 2.24) is 20.5 Å². The molecule has 0 bridgehead atoms. The molecule has 1 aromatic carbocycles. The first-order chi connectivity index (χ1) is 9.25. The third-order valence-electron chi connectivity index (χ3n) is 3.61. The van der Waals surface area contributed by atoms with E-state index in [1.807, 2.05) is 12.1 Å². The van der Waals surface area contributed by atoms with E-state index in [0.29, 0.717) is 18.3 Å². The van der Waals surface area contributed by atoms with Crippen molar-refractivity contribution >= 4 is 5.91 Å². The third-order valence-corrected chi connectivity index (χ3v) is 3.61. The van der Waals surface area contributed by atoms with E-state index in [1.54, 1.807) is 0 Å². The van der Waals surface area contributed by atoms with Crippen LogP contribution in [0, 0.1) is 12.8 Å². The molecule has 5 nitrogen and oxygen atoms in total. The monoisotopic (exact) mass is 256 g/mol. The van der Waals surface area contributed by atoms with Gasteiger partial charge in [0.05, 0.1) is 6.54 Å². The number of hydrogen-bond donors (Lipinski definition) is 2. The van der Waals surface area contributed by atoms with Gasteiger partial charge >= 0.3 is 0 Å². The van der Waals surface area contributed by atoms with E-state index in [-0.39, 0.29) is 11.8 Å². The second kappa shape index (κ2) is 4.84. The summed E-state index contributed by atoms with van der Waals surface area (Å²) in [5.41, 5.74) is 2.56. The minimum atomic E-state index is 0.101. The first-order valence-electron chi connectivity index (χ1n) is 6.43. The van der Waals surface area contributed by atoms with Gasteiger partial charge in [0.2, 0.25) is 5.91 Å². The smallest absolute Gasteiger partial charge is 0.224 e. The van der Waals surface area contributed by atoms with Crippen LogP contribution in [0.15, 0.2) is 30.6 Å². The minimum absolute atomic E-state index is 0.101. The molecule has 1 heterocycles. The van der Waals surface area contributed by atoms with Crippen LogP contribution in [-0.2, 0) is 11.3 Å². The molecule has 1 amide bonds. The molecule has 1 aromatic heterocycles. The van der Waals surface area contributed by atoms with Gasteiger partial charge in [0.25, 0.3) is 0 Å². The maximum atomic E-state index is 12.0. The van der Waals surface area contributed by atoms with Crippen LogP contribution in [0.3, 0.4) is 0 Å². The van der Waals surface area contributed by atoms with E-state index >= 15 is 0 Å². The van der Waals surface area contributed by atoms with Crippen LogP contribution in [0.25, 0.3) is 0 Å². The molecular weight excluding hydrogens is 240 g/mol. The number of aromatic amines is 1. The van der Waals surface area contributed by atoms with Gasteiger partial charge in [0.1, 0.15) is 12.2 Å². The molecule has 5 heteroatoms. The Labute approximate surface area is 111 Å².